The highest BCUT2D eigenvalue weighted by molar-refractivity contribution is 7.15. The van der Waals surface area contributed by atoms with Crippen LogP contribution in [0.1, 0.15) is 24.1 Å². The Labute approximate surface area is 248 Å². The standard InChI is InChI=1S/C23H29N5O4S.C7H8FN/c1-31-20-11-18-19(25-15-26-22(18)27-23-24-13-17(33-23)5-9-29)12-21(20)32-10-2-6-28-7-3-16(14-30)4-8-28;1-9-7-4-2-3-6(8)5-7/h9,11-13,15-16,30H,2-8,10,14H2,1H3,(H,24,25,26,27);2-5,9H,1H3. The van der Waals surface area contributed by atoms with Gasteiger partial charge >= 0.3 is 0 Å². The number of rotatable bonds is 12. The van der Waals surface area contributed by atoms with Gasteiger partial charge in [-0.05, 0) is 62.5 Å². The van der Waals surface area contributed by atoms with Crippen LogP contribution in [0.4, 0.5) is 21.0 Å². The van der Waals surface area contributed by atoms with E-state index in [0.29, 0.717) is 48.0 Å². The predicted molar refractivity (Wildman–Crippen MR) is 164 cm³/mol. The Kier molecular flexibility index (Phi) is 11.8. The quantitative estimate of drug-likeness (QED) is 0.153. The number of benzene rings is 2. The zero-order valence-electron chi connectivity index (χ0n) is 23.9. The molecule has 1 fully saturated rings. The van der Waals surface area contributed by atoms with Crippen molar-refractivity contribution < 1.29 is 23.8 Å². The van der Waals surface area contributed by atoms with Crippen LogP contribution in [0.2, 0.25) is 0 Å². The number of carbonyl (C=O) groups is 1. The number of aliphatic hydroxyl groups excluding tert-OH is 1. The van der Waals surface area contributed by atoms with E-state index >= 15 is 0 Å². The van der Waals surface area contributed by atoms with Crippen LogP contribution in [0.25, 0.3) is 10.9 Å². The summed E-state index contributed by atoms with van der Waals surface area (Å²) in [6.45, 7) is 3.92. The Bertz CT molecular complexity index is 1430. The maximum absolute atomic E-state index is 12.3. The molecule has 12 heteroatoms. The topological polar surface area (TPSA) is 122 Å². The van der Waals surface area contributed by atoms with Gasteiger partial charge in [-0.25, -0.2) is 19.3 Å². The number of carbonyl (C=O) groups excluding carboxylic acids is 1. The summed E-state index contributed by atoms with van der Waals surface area (Å²) in [6.07, 6.45) is 7.43. The number of likely N-dealkylation sites (tertiary alicyclic amines) is 1. The van der Waals surface area contributed by atoms with Crippen LogP contribution in [0.3, 0.4) is 0 Å². The number of methoxy groups -OCH3 is 1. The van der Waals surface area contributed by atoms with Gasteiger partial charge in [0, 0.05) is 54.8 Å². The lowest BCUT2D eigenvalue weighted by Gasteiger charge is -2.30. The van der Waals surface area contributed by atoms with E-state index in [1.54, 1.807) is 26.4 Å². The van der Waals surface area contributed by atoms with Crippen molar-refractivity contribution in [1.82, 2.24) is 19.9 Å². The molecule has 2 aromatic heterocycles. The number of halogens is 1. The van der Waals surface area contributed by atoms with E-state index < -0.39 is 0 Å². The molecule has 1 aliphatic rings. The van der Waals surface area contributed by atoms with Crippen LogP contribution in [0.15, 0.2) is 48.9 Å². The van der Waals surface area contributed by atoms with Crippen molar-refractivity contribution in [1.29, 1.82) is 0 Å². The molecule has 0 bridgehead atoms. The summed E-state index contributed by atoms with van der Waals surface area (Å²) in [7, 11) is 3.37. The van der Waals surface area contributed by atoms with Crippen LogP contribution in [-0.2, 0) is 11.2 Å². The average Bonchev–Trinajstić information content (AvgIpc) is 3.46. The number of hydrogen-bond donors (Lipinski definition) is 3. The van der Waals surface area contributed by atoms with Gasteiger partial charge in [-0.15, -0.1) is 11.3 Å². The first kappa shape index (κ1) is 31.1. The molecule has 0 amide bonds. The molecule has 0 atom stereocenters. The molecule has 224 valence electrons. The highest BCUT2D eigenvalue weighted by Crippen LogP contribution is 2.35. The van der Waals surface area contributed by atoms with Crippen LogP contribution in [0, 0.1) is 11.7 Å². The van der Waals surface area contributed by atoms with Crippen LogP contribution in [0.5, 0.6) is 11.5 Å². The normalized spacial score (nSPS) is 13.7. The molecule has 0 radical (unpaired) electrons. The van der Waals surface area contributed by atoms with Gasteiger partial charge in [-0.3, -0.25) is 0 Å². The van der Waals surface area contributed by atoms with Crippen molar-refractivity contribution >= 4 is 45.2 Å². The molecule has 0 spiro atoms. The van der Waals surface area contributed by atoms with E-state index in [9.17, 15) is 14.3 Å². The molecule has 3 N–H and O–H groups in total. The Morgan fingerprint density at radius 3 is 2.69 bits per heavy atom. The largest absolute Gasteiger partial charge is 0.493 e. The first-order chi connectivity index (χ1) is 20.5. The van der Waals surface area contributed by atoms with E-state index in [2.05, 4.69) is 30.5 Å². The number of aromatic nitrogens is 3. The monoisotopic (exact) mass is 596 g/mol. The lowest BCUT2D eigenvalue weighted by atomic mass is 9.98. The maximum Gasteiger partial charge on any atom is 0.188 e. The third-order valence-corrected chi connectivity index (χ3v) is 7.87. The van der Waals surface area contributed by atoms with Crippen molar-refractivity contribution in [3.8, 4) is 11.5 Å². The summed E-state index contributed by atoms with van der Waals surface area (Å²) < 4.78 is 23.9. The Balaban J connectivity index is 0.000000385. The Morgan fingerprint density at radius 2 is 2.00 bits per heavy atom. The van der Waals surface area contributed by atoms with Gasteiger partial charge in [0.25, 0.3) is 0 Å². The fourth-order valence-corrected chi connectivity index (χ4v) is 5.34. The number of thiazole rings is 1. The fraction of sp³-hybridized carbons (Fsp3) is 0.400. The van der Waals surface area contributed by atoms with E-state index in [-0.39, 0.29) is 5.82 Å². The van der Waals surface area contributed by atoms with E-state index in [1.807, 2.05) is 18.2 Å². The molecule has 4 aromatic rings. The summed E-state index contributed by atoms with van der Waals surface area (Å²) in [5, 5.41) is 16.8. The molecule has 5 rings (SSSR count). The second-order valence-corrected chi connectivity index (χ2v) is 10.9. The lowest BCUT2D eigenvalue weighted by molar-refractivity contribution is -0.107. The Morgan fingerprint density at radius 1 is 1.17 bits per heavy atom. The number of hydrogen-bond acceptors (Lipinski definition) is 11. The number of piperidine rings is 1. The number of aliphatic hydroxyl groups is 1. The minimum Gasteiger partial charge on any atom is -0.493 e. The van der Waals surface area contributed by atoms with Crippen LogP contribution < -0.4 is 20.1 Å². The number of nitrogens with zero attached hydrogens (tertiary/aromatic N) is 4. The number of nitrogens with one attached hydrogen (secondary N) is 2. The van der Waals surface area contributed by atoms with Gasteiger partial charge in [0.2, 0.25) is 0 Å². The van der Waals surface area contributed by atoms with Gasteiger partial charge in [-0.1, -0.05) is 6.07 Å². The summed E-state index contributed by atoms with van der Waals surface area (Å²) in [5.41, 5.74) is 1.54. The van der Waals surface area contributed by atoms with Gasteiger partial charge < -0.3 is 34.9 Å². The van der Waals surface area contributed by atoms with Gasteiger partial charge in [0.15, 0.2) is 16.6 Å². The molecule has 0 saturated carbocycles. The minimum atomic E-state index is -0.207. The zero-order chi connectivity index (χ0) is 29.7. The number of ether oxygens (including phenoxy) is 2. The van der Waals surface area contributed by atoms with E-state index in [4.69, 9.17) is 9.47 Å². The van der Waals surface area contributed by atoms with Gasteiger partial charge in [-0.2, -0.15) is 0 Å². The molecule has 0 unspecified atom stereocenters. The van der Waals surface area contributed by atoms with Crippen LogP contribution in [-0.4, -0.2) is 78.3 Å². The van der Waals surface area contributed by atoms with Gasteiger partial charge in [0.05, 0.1) is 19.2 Å². The molecular formula is C30H37FN6O4S. The van der Waals surface area contributed by atoms with Crippen molar-refractivity contribution in [2.45, 2.75) is 25.7 Å². The molecule has 1 saturated heterocycles. The summed E-state index contributed by atoms with van der Waals surface area (Å²) >= 11 is 1.41. The van der Waals surface area contributed by atoms with Crippen molar-refractivity contribution in [2.24, 2.45) is 5.92 Å². The second-order valence-electron chi connectivity index (χ2n) is 9.80. The first-order valence-electron chi connectivity index (χ1n) is 13.9. The van der Waals surface area contributed by atoms with E-state index in [0.717, 1.165) is 66.7 Å². The SMILES string of the molecule is CNc1cccc(F)c1.COc1cc2c(Nc3ncc(CC=O)s3)ncnc2cc1OCCCN1CCC(CO)CC1. The van der Waals surface area contributed by atoms with Crippen molar-refractivity contribution in [3.05, 3.63) is 59.6 Å². The molecule has 0 aliphatic carbocycles. The van der Waals surface area contributed by atoms with Crippen molar-refractivity contribution in [2.75, 3.05) is 57.6 Å². The number of aldehydes is 1. The molecule has 1 aliphatic heterocycles. The summed E-state index contributed by atoms with van der Waals surface area (Å²) in [5.74, 6) is 2.13. The smallest absolute Gasteiger partial charge is 0.188 e. The lowest BCUT2D eigenvalue weighted by Crippen LogP contribution is -2.35. The van der Waals surface area contributed by atoms with Gasteiger partial charge in [0.1, 0.15) is 24.2 Å². The molecule has 10 nitrogen and oxygen atoms in total. The third-order valence-electron chi connectivity index (χ3n) is 6.94. The molecule has 2 aromatic carbocycles. The van der Waals surface area contributed by atoms with Crippen molar-refractivity contribution in [3.63, 3.8) is 0 Å². The highest BCUT2D eigenvalue weighted by atomic mass is 32.1. The zero-order valence-corrected chi connectivity index (χ0v) is 24.7. The second kappa shape index (κ2) is 15.9. The molecule has 42 heavy (non-hydrogen) atoms. The maximum atomic E-state index is 12.3. The average molecular weight is 597 g/mol. The Hall–Kier alpha value is -3.87. The third kappa shape index (κ3) is 8.81. The first-order valence-corrected chi connectivity index (χ1v) is 14.7. The highest BCUT2D eigenvalue weighted by Gasteiger charge is 2.18. The van der Waals surface area contributed by atoms with E-state index in [1.165, 1.54) is 29.8 Å². The predicted octanol–water partition coefficient (Wildman–Crippen LogP) is 4.92. The fourth-order valence-electron chi connectivity index (χ4n) is 4.59. The number of fused-ring (bicyclic) bond motifs is 1. The minimum absolute atomic E-state index is 0.207. The molecular weight excluding hydrogens is 559 g/mol. The molecule has 3 heterocycles. The summed E-state index contributed by atoms with van der Waals surface area (Å²) in [6, 6.07) is 10.1. The van der Waals surface area contributed by atoms with Crippen LogP contribution >= 0.6 is 11.3 Å². The summed E-state index contributed by atoms with van der Waals surface area (Å²) in [4.78, 5) is 27.1. The number of anilines is 3.